The standard InChI is InChI=1S/C28H29F3N4O3S/c1-4-39(37,38)23-11-10-22(32-16-23)15-33-27(36)20-7-12-25-24(14-20)34-26(35(25)17-18(2)3)13-19-5-8-21(9-6-19)28(29,30)31/h5-12,14,16,18H,4,13,15,17H2,1-3H3,(H,33,36). The quantitative estimate of drug-likeness (QED) is 0.296. The van der Waals surface area contributed by atoms with E-state index in [1.807, 2.05) is 10.6 Å². The van der Waals surface area contributed by atoms with Crippen LogP contribution in [0.15, 0.2) is 65.7 Å². The van der Waals surface area contributed by atoms with Crippen LogP contribution in [0.5, 0.6) is 0 Å². The molecule has 0 bridgehead atoms. The minimum absolute atomic E-state index is 0.0216. The van der Waals surface area contributed by atoms with Gasteiger partial charge < -0.3 is 9.88 Å². The molecule has 4 rings (SSSR count). The average Bonchev–Trinajstić information content (AvgIpc) is 3.22. The van der Waals surface area contributed by atoms with Crippen LogP contribution in [-0.2, 0) is 35.5 Å². The average molecular weight is 559 g/mol. The fourth-order valence-corrected chi connectivity index (χ4v) is 4.98. The van der Waals surface area contributed by atoms with E-state index in [2.05, 4.69) is 24.1 Å². The van der Waals surface area contributed by atoms with Crippen LogP contribution in [0.1, 0.15) is 53.8 Å². The van der Waals surface area contributed by atoms with E-state index in [1.165, 1.54) is 24.4 Å². The Hall–Kier alpha value is -3.73. The number of nitrogens with one attached hydrogen (secondary N) is 1. The number of benzene rings is 2. The Balaban J connectivity index is 1.53. The van der Waals surface area contributed by atoms with Gasteiger partial charge in [-0.25, -0.2) is 13.4 Å². The van der Waals surface area contributed by atoms with Crippen LogP contribution in [0, 0.1) is 5.92 Å². The number of imidazole rings is 1. The molecular weight excluding hydrogens is 529 g/mol. The summed E-state index contributed by atoms with van der Waals surface area (Å²) in [6, 6.07) is 13.3. The molecule has 4 aromatic rings. The molecule has 0 atom stereocenters. The number of halogens is 3. The SMILES string of the molecule is CCS(=O)(=O)c1ccc(CNC(=O)c2ccc3c(c2)nc(Cc2ccc(C(F)(F)F)cc2)n3CC(C)C)nc1. The van der Waals surface area contributed by atoms with Crippen LogP contribution in [0.3, 0.4) is 0 Å². The van der Waals surface area contributed by atoms with E-state index < -0.39 is 21.6 Å². The molecule has 39 heavy (non-hydrogen) atoms. The molecule has 0 radical (unpaired) electrons. The predicted molar refractivity (Wildman–Crippen MR) is 142 cm³/mol. The van der Waals surface area contributed by atoms with Crippen molar-refractivity contribution < 1.29 is 26.4 Å². The monoisotopic (exact) mass is 558 g/mol. The van der Waals surface area contributed by atoms with Crippen molar-refractivity contribution in [1.29, 1.82) is 0 Å². The molecule has 0 fully saturated rings. The van der Waals surface area contributed by atoms with Crippen LogP contribution in [0.4, 0.5) is 13.2 Å². The molecule has 2 heterocycles. The second kappa shape index (κ2) is 11.2. The number of aromatic nitrogens is 3. The molecule has 0 saturated carbocycles. The zero-order valence-corrected chi connectivity index (χ0v) is 22.6. The highest BCUT2D eigenvalue weighted by molar-refractivity contribution is 7.91. The van der Waals surface area contributed by atoms with Gasteiger partial charge in [-0.3, -0.25) is 9.78 Å². The summed E-state index contributed by atoms with van der Waals surface area (Å²) in [6.07, 6.45) is -2.77. The number of rotatable bonds is 9. The maximum absolute atomic E-state index is 12.9. The van der Waals surface area contributed by atoms with Crippen LogP contribution < -0.4 is 5.32 Å². The molecule has 0 spiro atoms. The van der Waals surface area contributed by atoms with Gasteiger partial charge in [-0.15, -0.1) is 0 Å². The maximum Gasteiger partial charge on any atom is 0.416 e. The van der Waals surface area contributed by atoms with Crippen molar-refractivity contribution in [2.45, 2.75) is 51.4 Å². The molecule has 1 amide bonds. The van der Waals surface area contributed by atoms with Gasteiger partial charge in [0.2, 0.25) is 0 Å². The van der Waals surface area contributed by atoms with Gasteiger partial charge in [0.05, 0.1) is 39.5 Å². The minimum atomic E-state index is -4.39. The van der Waals surface area contributed by atoms with Crippen molar-refractivity contribution >= 4 is 26.8 Å². The highest BCUT2D eigenvalue weighted by Gasteiger charge is 2.30. The predicted octanol–water partition coefficient (Wildman–Crippen LogP) is 5.42. The number of hydrogen-bond acceptors (Lipinski definition) is 5. The molecule has 2 aromatic carbocycles. The third-order valence-electron chi connectivity index (χ3n) is 6.25. The molecule has 0 aliphatic heterocycles. The molecule has 2 aromatic heterocycles. The Morgan fingerprint density at radius 2 is 1.77 bits per heavy atom. The van der Waals surface area contributed by atoms with Crippen molar-refractivity contribution in [1.82, 2.24) is 19.9 Å². The molecule has 0 saturated heterocycles. The first-order valence-corrected chi connectivity index (χ1v) is 14.1. The Labute approximate surface area is 225 Å². The minimum Gasteiger partial charge on any atom is -0.346 e. The molecular formula is C28H29F3N4O3S. The smallest absolute Gasteiger partial charge is 0.346 e. The van der Waals surface area contributed by atoms with Gasteiger partial charge in [0.25, 0.3) is 5.91 Å². The second-order valence-corrected chi connectivity index (χ2v) is 12.0. The normalized spacial score (nSPS) is 12.3. The fourth-order valence-electron chi connectivity index (χ4n) is 4.16. The number of carbonyl (C=O) groups excluding carboxylic acids is 1. The Bertz CT molecular complexity index is 1580. The third kappa shape index (κ3) is 6.65. The number of pyridine rings is 1. The topological polar surface area (TPSA) is 94.0 Å². The van der Waals surface area contributed by atoms with Gasteiger partial charge in [0.1, 0.15) is 5.82 Å². The van der Waals surface area contributed by atoms with Crippen molar-refractivity contribution in [2.24, 2.45) is 5.92 Å². The van der Waals surface area contributed by atoms with Gasteiger partial charge in [-0.05, 0) is 53.9 Å². The van der Waals surface area contributed by atoms with E-state index in [4.69, 9.17) is 4.98 Å². The van der Waals surface area contributed by atoms with E-state index in [0.717, 1.165) is 17.6 Å². The zero-order valence-electron chi connectivity index (χ0n) is 21.8. The summed E-state index contributed by atoms with van der Waals surface area (Å²) in [4.78, 5) is 21.8. The fraction of sp³-hybridized carbons (Fsp3) is 0.321. The third-order valence-corrected chi connectivity index (χ3v) is 7.97. The lowest BCUT2D eigenvalue weighted by Gasteiger charge is -2.12. The van der Waals surface area contributed by atoms with E-state index >= 15 is 0 Å². The molecule has 0 aliphatic carbocycles. The van der Waals surface area contributed by atoms with Crippen LogP contribution in [-0.4, -0.2) is 34.6 Å². The van der Waals surface area contributed by atoms with Crippen LogP contribution >= 0.6 is 0 Å². The van der Waals surface area contributed by atoms with Gasteiger partial charge in [-0.1, -0.05) is 32.9 Å². The number of hydrogen-bond donors (Lipinski definition) is 1. The number of sulfone groups is 1. The second-order valence-electron chi connectivity index (χ2n) is 9.68. The van der Waals surface area contributed by atoms with E-state index in [-0.39, 0.29) is 23.1 Å². The van der Waals surface area contributed by atoms with E-state index in [0.29, 0.717) is 47.0 Å². The number of alkyl halides is 3. The lowest BCUT2D eigenvalue weighted by molar-refractivity contribution is -0.137. The van der Waals surface area contributed by atoms with E-state index in [1.54, 1.807) is 25.1 Å². The largest absolute Gasteiger partial charge is 0.416 e. The first-order chi connectivity index (χ1) is 18.4. The molecule has 0 unspecified atom stereocenters. The van der Waals surface area contributed by atoms with Crippen molar-refractivity contribution in [3.63, 3.8) is 0 Å². The van der Waals surface area contributed by atoms with E-state index in [9.17, 15) is 26.4 Å². The van der Waals surface area contributed by atoms with Crippen LogP contribution in [0.2, 0.25) is 0 Å². The molecule has 206 valence electrons. The summed E-state index contributed by atoms with van der Waals surface area (Å²) in [5.74, 6) is 0.628. The summed E-state index contributed by atoms with van der Waals surface area (Å²) in [7, 11) is -3.35. The van der Waals surface area contributed by atoms with Crippen molar-refractivity contribution in [2.75, 3.05) is 5.75 Å². The highest BCUT2D eigenvalue weighted by Crippen LogP contribution is 2.30. The molecule has 1 N–H and O–H groups in total. The molecule has 7 nitrogen and oxygen atoms in total. The van der Waals surface area contributed by atoms with Gasteiger partial charge in [0, 0.05) is 24.7 Å². The first-order valence-electron chi connectivity index (χ1n) is 12.5. The van der Waals surface area contributed by atoms with Gasteiger partial charge >= 0.3 is 6.18 Å². The molecule has 0 aliphatic rings. The number of fused-ring (bicyclic) bond motifs is 1. The van der Waals surface area contributed by atoms with Crippen molar-refractivity contribution in [3.05, 3.63) is 89.0 Å². The summed E-state index contributed by atoms with van der Waals surface area (Å²) in [6.45, 7) is 6.46. The number of nitrogens with zero attached hydrogens (tertiary/aromatic N) is 3. The summed E-state index contributed by atoms with van der Waals surface area (Å²) >= 11 is 0. The number of amides is 1. The summed E-state index contributed by atoms with van der Waals surface area (Å²) < 4.78 is 64.8. The Kier molecular flexibility index (Phi) is 8.10. The van der Waals surface area contributed by atoms with Crippen LogP contribution in [0.25, 0.3) is 11.0 Å². The maximum atomic E-state index is 12.9. The Morgan fingerprint density at radius 3 is 2.36 bits per heavy atom. The summed E-state index contributed by atoms with van der Waals surface area (Å²) in [5, 5.41) is 2.79. The summed E-state index contributed by atoms with van der Waals surface area (Å²) in [5.41, 5.74) is 2.35. The highest BCUT2D eigenvalue weighted by atomic mass is 32.2. The van der Waals surface area contributed by atoms with Crippen molar-refractivity contribution in [3.8, 4) is 0 Å². The first kappa shape index (κ1) is 28.3. The lowest BCUT2D eigenvalue weighted by atomic mass is 10.1. The number of carbonyl (C=O) groups is 1. The Morgan fingerprint density at radius 1 is 1.05 bits per heavy atom. The zero-order chi connectivity index (χ0) is 28.4. The van der Waals surface area contributed by atoms with Gasteiger partial charge in [-0.2, -0.15) is 13.2 Å². The lowest BCUT2D eigenvalue weighted by Crippen LogP contribution is -2.23. The molecule has 11 heteroatoms. The van der Waals surface area contributed by atoms with Gasteiger partial charge in [0.15, 0.2) is 9.84 Å².